The molecule has 7 nitrogen and oxygen atoms in total. The minimum atomic E-state index is -3.81. The minimum absolute atomic E-state index is 0.104. The first-order valence-corrected chi connectivity index (χ1v) is 13.4. The SMILES string of the molecule is Cc1cccc(Cn2c(C(=O)NCc3ccco3)cc3cc(NS(=O)(=O)c4ccc(Cl)cc4)ccc32)c1. The summed E-state index contributed by atoms with van der Waals surface area (Å²) < 4.78 is 35.6. The molecule has 0 aliphatic carbocycles. The van der Waals surface area contributed by atoms with Crippen LogP contribution in [0.1, 0.15) is 27.4 Å². The molecule has 0 atom stereocenters. The number of aryl methyl sites for hydroxylation is 1. The molecule has 0 spiro atoms. The number of rotatable bonds is 8. The average molecular weight is 534 g/mol. The van der Waals surface area contributed by atoms with Crippen molar-refractivity contribution in [1.29, 1.82) is 0 Å². The molecule has 188 valence electrons. The highest BCUT2D eigenvalue weighted by Crippen LogP contribution is 2.27. The zero-order valence-corrected chi connectivity index (χ0v) is 21.5. The van der Waals surface area contributed by atoms with E-state index in [-0.39, 0.29) is 17.3 Å². The standard InChI is InChI=1S/C28H24ClN3O4S/c1-19-4-2-5-20(14-19)18-32-26-12-9-23(31-37(34,35)25-10-7-22(29)8-11-25)15-21(26)16-27(32)28(33)30-17-24-6-3-13-36-24/h2-16,31H,17-18H2,1H3,(H,30,33). The molecule has 2 aromatic heterocycles. The van der Waals surface area contributed by atoms with Crippen molar-refractivity contribution >= 4 is 44.1 Å². The molecule has 0 saturated heterocycles. The van der Waals surface area contributed by atoms with Crippen LogP contribution in [0.2, 0.25) is 5.02 Å². The lowest BCUT2D eigenvalue weighted by Crippen LogP contribution is -2.25. The minimum Gasteiger partial charge on any atom is -0.467 e. The van der Waals surface area contributed by atoms with Crippen LogP contribution in [-0.2, 0) is 23.1 Å². The number of halogens is 1. The summed E-state index contributed by atoms with van der Waals surface area (Å²) in [5.74, 6) is 0.386. The lowest BCUT2D eigenvalue weighted by Gasteiger charge is -2.12. The van der Waals surface area contributed by atoms with Gasteiger partial charge in [-0.1, -0.05) is 41.4 Å². The van der Waals surface area contributed by atoms with Crippen LogP contribution in [0.25, 0.3) is 10.9 Å². The predicted octanol–water partition coefficient (Wildman–Crippen LogP) is 5.98. The van der Waals surface area contributed by atoms with Crippen LogP contribution in [-0.4, -0.2) is 18.9 Å². The van der Waals surface area contributed by atoms with Crippen molar-refractivity contribution < 1.29 is 17.6 Å². The Hall–Kier alpha value is -4.01. The number of furan rings is 1. The molecule has 2 heterocycles. The van der Waals surface area contributed by atoms with Crippen LogP contribution in [0, 0.1) is 6.92 Å². The maximum atomic E-state index is 13.2. The quantitative estimate of drug-likeness (QED) is 0.257. The summed E-state index contributed by atoms with van der Waals surface area (Å²) >= 11 is 5.89. The number of anilines is 1. The number of hydrogen-bond donors (Lipinski definition) is 2. The Bertz CT molecular complexity index is 1670. The molecule has 3 aromatic carbocycles. The van der Waals surface area contributed by atoms with Gasteiger partial charge in [0.15, 0.2) is 0 Å². The molecular weight excluding hydrogens is 510 g/mol. The Kier molecular flexibility index (Phi) is 6.78. The highest BCUT2D eigenvalue weighted by Gasteiger charge is 2.19. The van der Waals surface area contributed by atoms with E-state index in [0.717, 1.165) is 22.0 Å². The van der Waals surface area contributed by atoms with E-state index >= 15 is 0 Å². The van der Waals surface area contributed by atoms with Crippen LogP contribution < -0.4 is 10.0 Å². The summed E-state index contributed by atoms with van der Waals surface area (Å²) in [5, 5.41) is 4.08. The van der Waals surface area contributed by atoms with E-state index in [4.69, 9.17) is 16.0 Å². The molecule has 0 radical (unpaired) electrons. The van der Waals surface area contributed by atoms with Gasteiger partial charge >= 0.3 is 0 Å². The van der Waals surface area contributed by atoms with Crippen molar-refractivity contribution in [3.63, 3.8) is 0 Å². The first kappa shape index (κ1) is 24.7. The largest absolute Gasteiger partial charge is 0.467 e. The summed E-state index contributed by atoms with van der Waals surface area (Å²) in [4.78, 5) is 13.3. The van der Waals surface area contributed by atoms with Crippen molar-refractivity contribution in [1.82, 2.24) is 9.88 Å². The zero-order chi connectivity index (χ0) is 26.0. The van der Waals surface area contributed by atoms with Gasteiger partial charge in [0.25, 0.3) is 15.9 Å². The van der Waals surface area contributed by atoms with Gasteiger partial charge in [-0.2, -0.15) is 0 Å². The number of sulfonamides is 1. The van der Waals surface area contributed by atoms with Crippen LogP contribution in [0.4, 0.5) is 5.69 Å². The summed E-state index contributed by atoms with van der Waals surface area (Å²) in [5.41, 5.74) is 3.82. The molecule has 0 saturated carbocycles. The molecule has 0 aliphatic rings. The first-order chi connectivity index (χ1) is 17.8. The van der Waals surface area contributed by atoms with Gasteiger partial charge in [-0.15, -0.1) is 0 Å². The third-order valence-corrected chi connectivity index (χ3v) is 7.59. The van der Waals surface area contributed by atoms with Gasteiger partial charge in [-0.25, -0.2) is 8.42 Å². The van der Waals surface area contributed by atoms with E-state index in [1.807, 2.05) is 35.8 Å². The fraction of sp³-hybridized carbons (Fsp3) is 0.107. The van der Waals surface area contributed by atoms with E-state index in [2.05, 4.69) is 16.1 Å². The third-order valence-electron chi connectivity index (χ3n) is 5.94. The number of nitrogens with zero attached hydrogens (tertiary/aromatic N) is 1. The Balaban J connectivity index is 1.49. The Labute approximate surface area is 219 Å². The number of amides is 1. The van der Waals surface area contributed by atoms with Gasteiger partial charge in [-0.05, 0) is 73.2 Å². The Morgan fingerprint density at radius 3 is 2.51 bits per heavy atom. The molecule has 0 unspecified atom stereocenters. The molecule has 1 amide bonds. The zero-order valence-electron chi connectivity index (χ0n) is 19.9. The van der Waals surface area contributed by atoms with Crippen LogP contribution in [0.3, 0.4) is 0 Å². The average Bonchev–Trinajstić information content (AvgIpc) is 3.51. The van der Waals surface area contributed by atoms with Gasteiger partial charge in [0, 0.05) is 28.2 Å². The van der Waals surface area contributed by atoms with E-state index in [1.54, 1.807) is 36.6 Å². The summed E-state index contributed by atoms with van der Waals surface area (Å²) in [6.07, 6.45) is 1.56. The third kappa shape index (κ3) is 5.55. The number of benzene rings is 3. The molecule has 0 fully saturated rings. The maximum Gasteiger partial charge on any atom is 0.268 e. The second kappa shape index (κ2) is 10.2. The molecule has 5 rings (SSSR count). The number of hydrogen-bond acceptors (Lipinski definition) is 4. The molecule has 37 heavy (non-hydrogen) atoms. The molecule has 9 heteroatoms. The van der Waals surface area contributed by atoms with Gasteiger partial charge in [0.1, 0.15) is 11.5 Å². The number of nitrogens with one attached hydrogen (secondary N) is 2. The summed E-state index contributed by atoms with van der Waals surface area (Å²) in [6.45, 7) is 2.75. The van der Waals surface area contributed by atoms with Crippen molar-refractivity contribution in [2.75, 3.05) is 4.72 Å². The normalized spacial score (nSPS) is 11.5. The topological polar surface area (TPSA) is 93.3 Å². The van der Waals surface area contributed by atoms with Crippen molar-refractivity contribution in [3.05, 3.63) is 119 Å². The molecule has 2 N–H and O–H groups in total. The lowest BCUT2D eigenvalue weighted by atomic mass is 10.1. The van der Waals surface area contributed by atoms with Gasteiger partial charge in [0.05, 0.1) is 17.7 Å². The summed E-state index contributed by atoms with van der Waals surface area (Å²) in [6, 6.07) is 24.6. The highest BCUT2D eigenvalue weighted by molar-refractivity contribution is 7.92. The summed E-state index contributed by atoms with van der Waals surface area (Å²) in [7, 11) is -3.81. The molecule has 0 aliphatic heterocycles. The fourth-order valence-electron chi connectivity index (χ4n) is 4.18. The van der Waals surface area contributed by atoms with Gasteiger partial charge in [-0.3, -0.25) is 9.52 Å². The Morgan fingerprint density at radius 2 is 1.78 bits per heavy atom. The van der Waals surface area contributed by atoms with E-state index < -0.39 is 10.0 Å². The van der Waals surface area contributed by atoms with E-state index in [9.17, 15) is 13.2 Å². The van der Waals surface area contributed by atoms with E-state index in [0.29, 0.717) is 28.7 Å². The van der Waals surface area contributed by atoms with E-state index in [1.165, 1.54) is 24.3 Å². The smallest absolute Gasteiger partial charge is 0.268 e. The number of carbonyl (C=O) groups is 1. The van der Waals surface area contributed by atoms with Crippen molar-refractivity contribution in [3.8, 4) is 0 Å². The van der Waals surface area contributed by atoms with Crippen molar-refractivity contribution in [2.45, 2.75) is 24.9 Å². The second-order valence-corrected chi connectivity index (χ2v) is 10.8. The monoisotopic (exact) mass is 533 g/mol. The van der Waals surface area contributed by atoms with Gasteiger partial charge in [0.2, 0.25) is 0 Å². The lowest BCUT2D eigenvalue weighted by molar-refractivity contribution is 0.0939. The van der Waals surface area contributed by atoms with Crippen LogP contribution in [0.5, 0.6) is 0 Å². The number of fused-ring (bicyclic) bond motifs is 1. The van der Waals surface area contributed by atoms with Crippen LogP contribution >= 0.6 is 11.6 Å². The fourth-order valence-corrected chi connectivity index (χ4v) is 5.36. The van der Waals surface area contributed by atoms with Crippen LogP contribution in [0.15, 0.2) is 101 Å². The number of aromatic nitrogens is 1. The molecule has 5 aromatic rings. The second-order valence-electron chi connectivity index (χ2n) is 8.70. The van der Waals surface area contributed by atoms with Gasteiger partial charge < -0.3 is 14.3 Å². The molecule has 0 bridgehead atoms. The highest BCUT2D eigenvalue weighted by atomic mass is 35.5. The Morgan fingerprint density at radius 1 is 0.973 bits per heavy atom. The molecular formula is C28H24ClN3O4S. The maximum absolute atomic E-state index is 13.2. The predicted molar refractivity (Wildman–Crippen MR) is 144 cm³/mol. The first-order valence-electron chi connectivity index (χ1n) is 11.6. The van der Waals surface area contributed by atoms with Crippen molar-refractivity contribution in [2.24, 2.45) is 0 Å². The number of carbonyl (C=O) groups excluding carboxylic acids is 1.